The van der Waals surface area contributed by atoms with E-state index in [-0.39, 0.29) is 24.5 Å². The topological polar surface area (TPSA) is 20.1 Å². The number of likely N-dealkylation sites (N-methyl/N-ethyl adjacent to an activating group) is 1. The van der Waals surface area contributed by atoms with Gasteiger partial charge in [0.1, 0.15) is 0 Å². The van der Waals surface area contributed by atoms with Gasteiger partial charge in [-0.25, -0.2) is 0 Å². The Hall–Kier alpha value is -0.386. The molecule has 43 valence electrons. The number of carbonyl (C=O) groups is 1. The zero-order valence-electron chi connectivity index (χ0n) is 4.59. The van der Waals surface area contributed by atoms with Crippen molar-refractivity contribution in [1.29, 1.82) is 0 Å². The summed E-state index contributed by atoms with van der Waals surface area (Å²) in [5, 5.41) is 0. The molecule has 8 heavy (non-hydrogen) atoms. The zero-order valence-corrected chi connectivity index (χ0v) is 5.98. The van der Waals surface area contributed by atoms with Crippen LogP contribution >= 0.6 is 0 Å². The minimum atomic E-state index is 0. The average molecular weight is 147 g/mol. The fourth-order valence-corrected chi connectivity index (χ4v) is 0.168. The predicted octanol–water partition coefficient (Wildman–Crippen LogP) is -0.338. The van der Waals surface area contributed by atoms with Crippen LogP contribution in [0.25, 0.3) is 0 Å². The van der Waals surface area contributed by atoms with E-state index in [1.54, 1.807) is 11.9 Å². The Morgan fingerprint density at radius 2 is 1.88 bits per heavy atom. The molecular formula is C5H6NOV-. The van der Waals surface area contributed by atoms with E-state index in [4.69, 9.17) is 6.42 Å². The smallest absolute Gasteiger partial charge is 0.242 e. The van der Waals surface area contributed by atoms with Crippen LogP contribution in [0, 0.1) is 12.8 Å². The molecule has 0 atom stereocenters. The Bertz CT molecular complexity index is 99.8. The summed E-state index contributed by atoms with van der Waals surface area (Å²) in [5.41, 5.74) is 0. The van der Waals surface area contributed by atoms with Crippen LogP contribution in [0.2, 0.25) is 0 Å². The van der Waals surface area contributed by atoms with Gasteiger partial charge in [0.15, 0.2) is 0 Å². The van der Waals surface area contributed by atoms with Gasteiger partial charge in [0.2, 0.25) is 5.91 Å². The van der Waals surface area contributed by atoms with Gasteiger partial charge in [-0.05, 0) is 0 Å². The van der Waals surface area contributed by atoms with Crippen LogP contribution in [0.15, 0.2) is 0 Å². The van der Waals surface area contributed by atoms with E-state index in [1.165, 1.54) is 0 Å². The normalized spacial score (nSPS) is 12.9. The van der Waals surface area contributed by atoms with E-state index in [2.05, 4.69) is 6.42 Å². The number of hydrogen-bond donors (Lipinski definition) is 0. The number of carbonyl (C=O) groups excluding carboxylic acids is 1. The molecule has 1 amide bonds. The zero-order chi connectivity index (χ0) is 5.86. The molecule has 1 fully saturated rings. The summed E-state index contributed by atoms with van der Waals surface area (Å²) in [5.74, 6) is 0.255. The monoisotopic (exact) mass is 147 g/mol. The third kappa shape index (κ3) is 3.79. The van der Waals surface area contributed by atoms with Crippen LogP contribution in [0.1, 0.15) is 0 Å². The van der Waals surface area contributed by atoms with Crippen molar-refractivity contribution >= 4 is 5.91 Å². The summed E-state index contributed by atoms with van der Waals surface area (Å²) in [6.45, 7) is 0.667. The van der Waals surface area contributed by atoms with Crippen LogP contribution in [0.3, 0.4) is 0 Å². The first-order valence-electron chi connectivity index (χ1n) is 1.83. The number of rotatable bonds is 0. The molecule has 0 N–H and O–H groups in total. The summed E-state index contributed by atoms with van der Waals surface area (Å²) in [7, 11) is 1.78. The summed E-state index contributed by atoms with van der Waals surface area (Å²) < 4.78 is 0. The maximum atomic E-state index is 9.81. The molecule has 1 aliphatic rings. The van der Waals surface area contributed by atoms with Crippen LogP contribution in [0.5, 0.6) is 0 Å². The number of hydrogen-bond acceptors (Lipinski definition) is 1. The second-order valence-electron chi connectivity index (χ2n) is 1.25. The van der Waals surface area contributed by atoms with Crippen LogP contribution in [-0.2, 0) is 23.4 Å². The largest absolute Gasteiger partial charge is 0.697 e. The Kier molecular flexibility index (Phi) is 6.30. The fraction of sp³-hybridized carbons (Fsp3) is 0.400. The van der Waals surface area contributed by atoms with Gasteiger partial charge in [-0.2, -0.15) is 0 Å². The number of nitrogens with zero attached hydrogens (tertiary/aromatic N) is 1. The molecule has 1 aliphatic heterocycles. The Balaban J connectivity index is 0. The third-order valence-corrected chi connectivity index (χ3v) is 0.695. The van der Waals surface area contributed by atoms with Crippen molar-refractivity contribution in [2.24, 2.45) is 0 Å². The summed E-state index contributed by atoms with van der Waals surface area (Å²) in [6, 6.07) is 0. The summed E-state index contributed by atoms with van der Waals surface area (Å²) >= 11 is 0. The molecule has 0 aliphatic carbocycles. The molecule has 1 saturated heterocycles. The molecular weight excluding hydrogens is 141 g/mol. The first kappa shape index (κ1) is 10.6. The van der Waals surface area contributed by atoms with E-state index >= 15 is 0 Å². The quantitative estimate of drug-likeness (QED) is 0.261. The van der Waals surface area contributed by atoms with Gasteiger partial charge < -0.3 is 17.7 Å². The van der Waals surface area contributed by atoms with E-state index in [9.17, 15) is 4.79 Å². The maximum absolute atomic E-state index is 9.81. The van der Waals surface area contributed by atoms with Gasteiger partial charge >= 0.3 is 0 Å². The molecule has 1 heterocycles. The van der Waals surface area contributed by atoms with E-state index in [0.717, 1.165) is 0 Å². The molecule has 1 radical (unpaired) electrons. The van der Waals surface area contributed by atoms with Crippen LogP contribution in [-0.4, -0.2) is 24.4 Å². The van der Waals surface area contributed by atoms with Gasteiger partial charge in [0.25, 0.3) is 0 Å². The van der Waals surface area contributed by atoms with Crippen molar-refractivity contribution in [3.8, 4) is 6.42 Å². The standard InChI is InChI=1S/C3H5NO.C2H.V/c1-4-2-3(4)5;1-2;/h2H2,1H3;1H;/q;-1;. The summed E-state index contributed by atoms with van der Waals surface area (Å²) in [6.07, 6.45) is 9.00. The predicted molar refractivity (Wildman–Crippen MR) is 25.8 cm³/mol. The van der Waals surface area contributed by atoms with Crippen molar-refractivity contribution in [3.05, 3.63) is 6.42 Å². The van der Waals surface area contributed by atoms with Gasteiger partial charge in [-0.1, -0.05) is 0 Å². The van der Waals surface area contributed by atoms with Crippen molar-refractivity contribution in [3.63, 3.8) is 0 Å². The van der Waals surface area contributed by atoms with Crippen molar-refractivity contribution in [2.75, 3.05) is 13.6 Å². The maximum Gasteiger partial charge on any atom is 0.242 e. The second-order valence-corrected chi connectivity index (χ2v) is 1.25. The molecule has 3 heteroatoms. The van der Waals surface area contributed by atoms with Gasteiger partial charge in [0.05, 0.1) is 6.54 Å². The molecule has 0 saturated carbocycles. The van der Waals surface area contributed by atoms with Gasteiger partial charge in [0, 0.05) is 25.6 Å². The Morgan fingerprint density at radius 1 is 1.75 bits per heavy atom. The van der Waals surface area contributed by atoms with Gasteiger partial charge in [-0.3, -0.25) is 4.79 Å². The van der Waals surface area contributed by atoms with Crippen LogP contribution in [0.4, 0.5) is 0 Å². The first-order chi connectivity index (χ1) is 3.30. The van der Waals surface area contributed by atoms with Crippen molar-refractivity contribution in [1.82, 2.24) is 4.90 Å². The molecule has 0 aromatic heterocycles. The van der Waals surface area contributed by atoms with E-state index in [1.807, 2.05) is 0 Å². The molecule has 0 aromatic rings. The average Bonchev–Trinajstić information content (AvgIpc) is 2.27. The number of amides is 1. The van der Waals surface area contributed by atoms with Crippen LogP contribution < -0.4 is 0 Å². The second kappa shape index (κ2) is 4.77. The molecule has 0 spiro atoms. The molecule has 0 aromatic carbocycles. The Labute approximate surface area is 61.1 Å². The van der Waals surface area contributed by atoms with Crippen molar-refractivity contribution < 1.29 is 23.4 Å². The Morgan fingerprint density at radius 3 is 1.88 bits per heavy atom. The molecule has 0 bridgehead atoms. The molecule has 1 rings (SSSR count). The molecule has 0 unspecified atom stereocenters. The minimum absolute atomic E-state index is 0. The third-order valence-electron chi connectivity index (χ3n) is 0.695. The van der Waals surface area contributed by atoms with Gasteiger partial charge in [-0.15, -0.1) is 0 Å². The molecule has 2 nitrogen and oxygen atoms in total. The number of terminal acetylenes is 1. The van der Waals surface area contributed by atoms with Crippen molar-refractivity contribution in [2.45, 2.75) is 0 Å². The minimum Gasteiger partial charge on any atom is -0.697 e. The van der Waals surface area contributed by atoms with E-state index in [0.29, 0.717) is 6.54 Å². The van der Waals surface area contributed by atoms with E-state index < -0.39 is 0 Å². The first-order valence-corrected chi connectivity index (χ1v) is 1.83. The fourth-order valence-electron chi connectivity index (χ4n) is 0.168. The SMILES string of the molecule is CN1CC1=O.[C-]#C.[V]. The summed E-state index contributed by atoms with van der Waals surface area (Å²) in [4.78, 5) is 11.5.